The first kappa shape index (κ1) is 26.5. The van der Waals surface area contributed by atoms with Crippen molar-refractivity contribution in [1.82, 2.24) is 9.88 Å². The molecule has 1 aliphatic rings. The van der Waals surface area contributed by atoms with Crippen molar-refractivity contribution >= 4 is 32.5 Å². The molecule has 1 fully saturated rings. The molecule has 4 aromatic rings. The van der Waals surface area contributed by atoms with Crippen molar-refractivity contribution in [3.05, 3.63) is 107 Å². The van der Waals surface area contributed by atoms with E-state index in [4.69, 9.17) is 9.15 Å². The van der Waals surface area contributed by atoms with Gasteiger partial charge in [-0.1, -0.05) is 24.3 Å². The van der Waals surface area contributed by atoms with Gasteiger partial charge < -0.3 is 19.0 Å². The number of benzene rings is 2. The number of rotatable bonds is 10. The average Bonchev–Trinajstić information content (AvgIpc) is 3.66. The highest BCUT2D eigenvalue weighted by Gasteiger charge is 2.28. The van der Waals surface area contributed by atoms with Crippen LogP contribution in [-0.2, 0) is 21.3 Å². The maximum absolute atomic E-state index is 13.7. The van der Waals surface area contributed by atoms with Crippen LogP contribution >= 0.6 is 0 Å². The van der Waals surface area contributed by atoms with E-state index in [1.54, 1.807) is 42.5 Å². The number of furan rings is 1. The number of pyridine rings is 1. The van der Waals surface area contributed by atoms with Crippen LogP contribution in [0.5, 0.6) is 0 Å². The third kappa shape index (κ3) is 5.52. The molecule has 0 aliphatic carbocycles. The third-order valence-corrected chi connectivity index (χ3v) is 8.46. The Hall–Kier alpha value is -4.15. The first-order valence-electron chi connectivity index (χ1n) is 12.7. The number of amides is 1. The van der Waals surface area contributed by atoms with Crippen molar-refractivity contribution < 1.29 is 22.4 Å². The molecule has 2 aromatic heterocycles. The number of carbonyl (C=O) groups excluding carboxylic acids is 1. The topological polar surface area (TPSA) is 113 Å². The molecule has 0 bridgehead atoms. The summed E-state index contributed by atoms with van der Waals surface area (Å²) in [4.78, 5) is 31.7. The molecular formula is C29H29N3O6S. The lowest BCUT2D eigenvalue weighted by atomic mass is 10.1. The summed E-state index contributed by atoms with van der Waals surface area (Å²) in [6.07, 6.45) is 6.00. The summed E-state index contributed by atoms with van der Waals surface area (Å²) in [6.45, 7) is 4.84. The van der Waals surface area contributed by atoms with Crippen LogP contribution in [0.1, 0.15) is 29.0 Å². The molecule has 10 heteroatoms. The highest BCUT2D eigenvalue weighted by Crippen LogP contribution is 2.25. The normalized spacial score (nSPS) is 15.3. The Labute approximate surface area is 226 Å². The largest absolute Gasteiger partial charge is 0.467 e. The van der Waals surface area contributed by atoms with Crippen LogP contribution in [0.25, 0.3) is 10.9 Å². The number of H-pyrrole nitrogens is 1. The van der Waals surface area contributed by atoms with Crippen LogP contribution < -0.4 is 9.73 Å². The Morgan fingerprint density at radius 2 is 1.95 bits per heavy atom. The Balaban J connectivity index is 1.52. The van der Waals surface area contributed by atoms with E-state index >= 15 is 0 Å². The molecule has 0 saturated carbocycles. The zero-order valence-corrected chi connectivity index (χ0v) is 22.1. The van der Waals surface area contributed by atoms with Gasteiger partial charge in [0.25, 0.3) is 15.9 Å². The molecule has 202 valence electrons. The average molecular weight is 548 g/mol. The van der Waals surface area contributed by atoms with Gasteiger partial charge in [-0.2, -0.15) is 0 Å². The number of nitrogens with one attached hydrogen (secondary N) is 1. The van der Waals surface area contributed by atoms with E-state index in [2.05, 4.69) is 11.6 Å². The van der Waals surface area contributed by atoms with Gasteiger partial charge in [0.05, 0.1) is 36.0 Å². The lowest BCUT2D eigenvalue weighted by molar-refractivity contribution is 0.0490. The van der Waals surface area contributed by atoms with E-state index in [0.717, 1.165) is 12.8 Å². The monoisotopic (exact) mass is 547 g/mol. The fourth-order valence-corrected chi connectivity index (χ4v) is 6.17. The summed E-state index contributed by atoms with van der Waals surface area (Å²) in [5.41, 5.74) is 0.241. The minimum absolute atomic E-state index is 0.0459. The Kier molecular flexibility index (Phi) is 7.67. The highest BCUT2D eigenvalue weighted by molar-refractivity contribution is 7.92. The molecule has 1 saturated heterocycles. The first-order chi connectivity index (χ1) is 18.9. The second-order valence-corrected chi connectivity index (χ2v) is 11.2. The third-order valence-electron chi connectivity index (χ3n) is 6.67. The van der Waals surface area contributed by atoms with Crippen molar-refractivity contribution in [3.8, 4) is 0 Å². The number of para-hydroxylation sites is 1. The number of aromatic nitrogens is 1. The molecule has 9 nitrogen and oxygen atoms in total. The predicted octanol–water partition coefficient (Wildman–Crippen LogP) is 4.32. The van der Waals surface area contributed by atoms with Gasteiger partial charge >= 0.3 is 0 Å². The molecule has 0 radical (unpaired) electrons. The van der Waals surface area contributed by atoms with E-state index in [1.807, 2.05) is 0 Å². The molecule has 5 rings (SSSR count). The van der Waals surface area contributed by atoms with Gasteiger partial charge in [-0.3, -0.25) is 13.9 Å². The van der Waals surface area contributed by atoms with Crippen LogP contribution in [0, 0.1) is 0 Å². The van der Waals surface area contributed by atoms with Crippen LogP contribution in [0.2, 0.25) is 0 Å². The number of fused-ring (bicyclic) bond motifs is 1. The number of carbonyl (C=O) groups is 1. The molecule has 1 unspecified atom stereocenters. The number of nitrogens with zero attached hydrogens (tertiary/aromatic N) is 2. The molecular weight excluding hydrogens is 518 g/mol. The summed E-state index contributed by atoms with van der Waals surface area (Å²) in [5, 5.41) is 0.101. The van der Waals surface area contributed by atoms with Gasteiger partial charge in [-0.05, 0) is 55.3 Å². The van der Waals surface area contributed by atoms with Crippen molar-refractivity contribution in [3.63, 3.8) is 0 Å². The van der Waals surface area contributed by atoms with E-state index in [-0.39, 0.29) is 35.0 Å². The van der Waals surface area contributed by atoms with E-state index in [9.17, 15) is 18.0 Å². The van der Waals surface area contributed by atoms with Gasteiger partial charge in [0.2, 0.25) is 5.43 Å². The summed E-state index contributed by atoms with van der Waals surface area (Å²) in [5.74, 6) is 0.0889. The minimum atomic E-state index is -4.04. The SMILES string of the molecule is C=CCN(c1ccccc1)S(=O)(=O)c1ccc2[nH]cc(C(=O)N(Cc3ccco3)CC3CCCO3)c(=O)c2c1. The Morgan fingerprint density at radius 1 is 1.13 bits per heavy atom. The van der Waals surface area contributed by atoms with Gasteiger partial charge in [0.1, 0.15) is 11.3 Å². The van der Waals surface area contributed by atoms with Crippen LogP contribution in [0.4, 0.5) is 5.69 Å². The van der Waals surface area contributed by atoms with Gasteiger partial charge in [-0.15, -0.1) is 6.58 Å². The molecule has 3 heterocycles. The molecule has 2 aromatic carbocycles. The summed E-state index contributed by atoms with van der Waals surface area (Å²) in [6, 6.07) is 16.4. The quantitative estimate of drug-likeness (QED) is 0.296. The molecule has 1 N–H and O–H groups in total. The van der Waals surface area contributed by atoms with Crippen molar-refractivity contribution in [2.45, 2.75) is 30.4 Å². The maximum atomic E-state index is 13.7. The number of aromatic amines is 1. The van der Waals surface area contributed by atoms with E-state index < -0.39 is 21.4 Å². The number of hydrogen-bond donors (Lipinski definition) is 1. The molecule has 0 spiro atoms. The zero-order chi connectivity index (χ0) is 27.4. The fraction of sp³-hybridized carbons (Fsp3) is 0.241. The lowest BCUT2D eigenvalue weighted by Gasteiger charge is -2.25. The van der Waals surface area contributed by atoms with Gasteiger partial charge in [0.15, 0.2) is 0 Å². The molecule has 39 heavy (non-hydrogen) atoms. The molecule has 1 atom stereocenters. The van der Waals surface area contributed by atoms with Crippen molar-refractivity contribution in [2.75, 3.05) is 24.0 Å². The second-order valence-electron chi connectivity index (χ2n) is 9.30. The highest BCUT2D eigenvalue weighted by atomic mass is 32.2. The molecule has 1 aliphatic heterocycles. The van der Waals surface area contributed by atoms with Gasteiger partial charge in [0, 0.05) is 30.3 Å². The van der Waals surface area contributed by atoms with Crippen LogP contribution in [0.15, 0.2) is 99.9 Å². The van der Waals surface area contributed by atoms with Crippen LogP contribution in [0.3, 0.4) is 0 Å². The minimum Gasteiger partial charge on any atom is -0.467 e. The number of ether oxygens (including phenoxy) is 1. The van der Waals surface area contributed by atoms with Crippen LogP contribution in [-0.4, -0.2) is 50.0 Å². The van der Waals surface area contributed by atoms with E-state index in [1.165, 1.54) is 45.9 Å². The fourth-order valence-electron chi connectivity index (χ4n) is 4.71. The predicted molar refractivity (Wildman–Crippen MR) is 148 cm³/mol. The summed E-state index contributed by atoms with van der Waals surface area (Å²) in [7, 11) is -4.04. The summed E-state index contributed by atoms with van der Waals surface area (Å²) < 4.78 is 39.7. The van der Waals surface area contributed by atoms with Crippen molar-refractivity contribution in [2.24, 2.45) is 0 Å². The maximum Gasteiger partial charge on any atom is 0.264 e. The van der Waals surface area contributed by atoms with Crippen molar-refractivity contribution in [1.29, 1.82) is 0 Å². The standard InChI is InChI=1S/C29H29N3O6S/c1-2-14-32(21-8-4-3-5-9-21)39(35,36)24-12-13-27-25(17-24)28(33)26(18-30-27)29(34)31(19-22-10-6-15-37-22)20-23-11-7-16-38-23/h2-6,8-10,12-13,15,17-18,23H,1,7,11,14,16,19-20H2,(H,30,33). The number of sulfonamides is 1. The van der Waals surface area contributed by atoms with Gasteiger partial charge in [-0.25, -0.2) is 8.42 Å². The lowest BCUT2D eigenvalue weighted by Crippen LogP contribution is -2.39. The first-order valence-corrected chi connectivity index (χ1v) is 14.1. The number of anilines is 1. The number of hydrogen-bond acceptors (Lipinski definition) is 6. The van der Waals surface area contributed by atoms with E-state index in [0.29, 0.717) is 30.1 Å². The summed E-state index contributed by atoms with van der Waals surface area (Å²) >= 11 is 0. The zero-order valence-electron chi connectivity index (χ0n) is 21.3. The molecule has 1 amide bonds. The Morgan fingerprint density at radius 3 is 2.64 bits per heavy atom. The smallest absolute Gasteiger partial charge is 0.264 e. The Bertz CT molecular complexity index is 1620. The second kappa shape index (κ2) is 11.3.